The lowest BCUT2D eigenvalue weighted by molar-refractivity contribution is -0.124. The molecule has 1 aliphatic rings. The molecule has 3 rings (SSSR count). The van der Waals surface area contributed by atoms with Gasteiger partial charge >= 0.3 is 0 Å². The standard InChI is InChI=1S/C24H30N2O4/c1-3-7-19-10-11-22(23(16-19)28-2)30-18-24(27)25-21(20-8-5-4-6-9-20)17-26-12-14-29-15-13-26/h3-11,16,21H,12-15,17-18H2,1-2H3,(H,25,27)/b7-3+. The molecule has 2 aromatic rings. The van der Waals surface area contributed by atoms with E-state index in [0.717, 1.165) is 44.0 Å². The van der Waals surface area contributed by atoms with Crippen molar-refractivity contribution < 1.29 is 19.0 Å². The lowest BCUT2D eigenvalue weighted by Gasteiger charge is -2.31. The van der Waals surface area contributed by atoms with Crippen LogP contribution in [0.1, 0.15) is 24.1 Å². The molecule has 1 heterocycles. The van der Waals surface area contributed by atoms with Crippen LogP contribution in [0.25, 0.3) is 6.08 Å². The van der Waals surface area contributed by atoms with Crippen LogP contribution in [0.4, 0.5) is 0 Å². The fourth-order valence-electron chi connectivity index (χ4n) is 3.44. The van der Waals surface area contributed by atoms with Gasteiger partial charge in [-0.1, -0.05) is 48.6 Å². The van der Waals surface area contributed by atoms with E-state index >= 15 is 0 Å². The van der Waals surface area contributed by atoms with Gasteiger partial charge in [0.1, 0.15) is 0 Å². The van der Waals surface area contributed by atoms with Gasteiger partial charge in [-0.05, 0) is 30.2 Å². The molecule has 0 aromatic heterocycles. The molecule has 6 heteroatoms. The van der Waals surface area contributed by atoms with Crippen LogP contribution in [0.15, 0.2) is 54.6 Å². The van der Waals surface area contributed by atoms with Crippen molar-refractivity contribution in [3.05, 3.63) is 65.7 Å². The van der Waals surface area contributed by atoms with E-state index in [1.165, 1.54) is 0 Å². The average Bonchev–Trinajstić information content (AvgIpc) is 2.79. The Morgan fingerprint density at radius 3 is 2.63 bits per heavy atom. The summed E-state index contributed by atoms with van der Waals surface area (Å²) in [5, 5.41) is 3.12. The van der Waals surface area contributed by atoms with Gasteiger partial charge in [-0.25, -0.2) is 0 Å². The number of hydrogen-bond acceptors (Lipinski definition) is 5. The van der Waals surface area contributed by atoms with Crippen LogP contribution in [0.2, 0.25) is 0 Å². The van der Waals surface area contributed by atoms with Gasteiger partial charge in [0.05, 0.1) is 26.4 Å². The summed E-state index contributed by atoms with van der Waals surface area (Å²) in [5.74, 6) is 0.980. The number of nitrogens with zero attached hydrogens (tertiary/aromatic N) is 1. The number of carbonyl (C=O) groups is 1. The van der Waals surface area contributed by atoms with Crippen LogP contribution >= 0.6 is 0 Å². The van der Waals surface area contributed by atoms with Gasteiger partial charge in [-0.2, -0.15) is 0 Å². The first-order chi connectivity index (χ1) is 14.7. The highest BCUT2D eigenvalue weighted by atomic mass is 16.5. The summed E-state index contributed by atoms with van der Waals surface area (Å²) in [6.45, 7) is 5.80. The van der Waals surface area contributed by atoms with Gasteiger partial charge < -0.3 is 19.5 Å². The molecule has 0 radical (unpaired) electrons. The molecule has 160 valence electrons. The van der Waals surface area contributed by atoms with Gasteiger partial charge in [0.2, 0.25) is 0 Å². The SMILES string of the molecule is C/C=C/c1ccc(OCC(=O)NC(CN2CCOCC2)c2ccccc2)c(OC)c1. The van der Waals surface area contributed by atoms with Crippen molar-refractivity contribution in [3.8, 4) is 11.5 Å². The van der Waals surface area contributed by atoms with Crippen molar-refractivity contribution in [1.29, 1.82) is 0 Å². The van der Waals surface area contributed by atoms with Crippen molar-refractivity contribution >= 4 is 12.0 Å². The molecule has 1 fully saturated rings. The Bertz CT molecular complexity index is 832. The molecule has 1 amide bonds. The number of ether oxygens (including phenoxy) is 3. The van der Waals surface area contributed by atoms with E-state index in [1.54, 1.807) is 7.11 Å². The van der Waals surface area contributed by atoms with Crippen molar-refractivity contribution in [3.63, 3.8) is 0 Å². The summed E-state index contributed by atoms with van der Waals surface area (Å²) in [4.78, 5) is 15.0. The lowest BCUT2D eigenvalue weighted by atomic mass is 10.1. The fraction of sp³-hybridized carbons (Fsp3) is 0.375. The van der Waals surface area contributed by atoms with Gasteiger partial charge in [0.15, 0.2) is 18.1 Å². The summed E-state index contributed by atoms with van der Waals surface area (Å²) in [6, 6.07) is 15.6. The van der Waals surface area contributed by atoms with Crippen LogP contribution in [0, 0.1) is 0 Å². The molecule has 30 heavy (non-hydrogen) atoms. The monoisotopic (exact) mass is 410 g/mol. The highest BCUT2D eigenvalue weighted by Gasteiger charge is 2.20. The van der Waals surface area contributed by atoms with Gasteiger partial charge in [-0.3, -0.25) is 9.69 Å². The lowest BCUT2D eigenvalue weighted by Crippen LogP contribution is -2.44. The van der Waals surface area contributed by atoms with Gasteiger partial charge in [-0.15, -0.1) is 0 Å². The number of rotatable bonds is 9. The summed E-state index contributed by atoms with van der Waals surface area (Å²) < 4.78 is 16.6. The Morgan fingerprint density at radius 2 is 1.93 bits per heavy atom. The molecule has 0 bridgehead atoms. The molecule has 6 nitrogen and oxygen atoms in total. The van der Waals surface area contributed by atoms with Gasteiger partial charge in [0.25, 0.3) is 5.91 Å². The normalized spacial score (nSPS) is 15.7. The van der Waals surface area contributed by atoms with E-state index in [2.05, 4.69) is 10.2 Å². The largest absolute Gasteiger partial charge is 0.493 e. The van der Waals surface area contributed by atoms with Crippen LogP contribution in [-0.4, -0.2) is 57.4 Å². The second-order valence-corrected chi connectivity index (χ2v) is 7.14. The summed E-state index contributed by atoms with van der Waals surface area (Å²) >= 11 is 0. The molecule has 0 aliphatic carbocycles. The smallest absolute Gasteiger partial charge is 0.258 e. The third kappa shape index (κ3) is 6.34. The Kier molecular flexibility index (Phi) is 8.30. The van der Waals surface area contributed by atoms with Crippen molar-refractivity contribution in [2.75, 3.05) is 46.6 Å². The molecular formula is C24H30N2O4. The van der Waals surface area contributed by atoms with E-state index in [9.17, 15) is 4.79 Å². The third-order valence-electron chi connectivity index (χ3n) is 4.99. The molecular weight excluding hydrogens is 380 g/mol. The van der Waals surface area contributed by atoms with Crippen LogP contribution < -0.4 is 14.8 Å². The maximum atomic E-state index is 12.7. The maximum Gasteiger partial charge on any atom is 0.258 e. The van der Waals surface area contributed by atoms with Crippen LogP contribution in [0.5, 0.6) is 11.5 Å². The van der Waals surface area contributed by atoms with Gasteiger partial charge in [0, 0.05) is 19.6 Å². The molecule has 1 atom stereocenters. The average molecular weight is 411 g/mol. The highest BCUT2D eigenvalue weighted by Crippen LogP contribution is 2.28. The first kappa shape index (κ1) is 21.9. The van der Waals surface area contributed by atoms with Crippen molar-refractivity contribution in [2.45, 2.75) is 13.0 Å². The zero-order valence-corrected chi connectivity index (χ0v) is 17.7. The number of benzene rings is 2. The second-order valence-electron chi connectivity index (χ2n) is 7.14. The maximum absolute atomic E-state index is 12.7. The van der Waals surface area contributed by atoms with E-state index in [1.807, 2.05) is 67.6 Å². The second kappa shape index (κ2) is 11.4. The summed E-state index contributed by atoms with van der Waals surface area (Å²) in [6.07, 6.45) is 3.94. The summed E-state index contributed by atoms with van der Waals surface area (Å²) in [7, 11) is 1.59. The van der Waals surface area contributed by atoms with E-state index in [-0.39, 0.29) is 18.6 Å². The first-order valence-electron chi connectivity index (χ1n) is 10.3. The minimum Gasteiger partial charge on any atom is -0.493 e. The predicted molar refractivity (Wildman–Crippen MR) is 118 cm³/mol. The molecule has 1 unspecified atom stereocenters. The summed E-state index contributed by atoms with van der Waals surface area (Å²) in [5.41, 5.74) is 2.09. The zero-order chi connectivity index (χ0) is 21.2. The van der Waals surface area contributed by atoms with E-state index in [4.69, 9.17) is 14.2 Å². The molecule has 0 saturated carbocycles. The Labute approximate surface area is 178 Å². The molecule has 1 N–H and O–H groups in total. The minimum absolute atomic E-state index is 0.0776. The number of allylic oxidation sites excluding steroid dienone is 1. The first-order valence-corrected chi connectivity index (χ1v) is 10.3. The Morgan fingerprint density at radius 1 is 1.17 bits per heavy atom. The molecule has 1 aliphatic heterocycles. The number of hydrogen-bond donors (Lipinski definition) is 1. The molecule has 0 spiro atoms. The third-order valence-corrected chi connectivity index (χ3v) is 4.99. The fourth-order valence-corrected chi connectivity index (χ4v) is 3.44. The van der Waals surface area contributed by atoms with E-state index in [0.29, 0.717) is 11.5 Å². The molecule has 2 aromatic carbocycles. The van der Waals surface area contributed by atoms with E-state index < -0.39 is 0 Å². The Hall–Kier alpha value is -2.83. The number of morpholine rings is 1. The molecule has 1 saturated heterocycles. The van der Waals surface area contributed by atoms with Crippen LogP contribution in [0.3, 0.4) is 0 Å². The minimum atomic E-state index is -0.170. The number of methoxy groups -OCH3 is 1. The predicted octanol–water partition coefficient (Wildman–Crippen LogP) is 3.30. The quantitative estimate of drug-likeness (QED) is 0.687. The topological polar surface area (TPSA) is 60.0 Å². The highest BCUT2D eigenvalue weighted by molar-refractivity contribution is 5.78. The van der Waals surface area contributed by atoms with Crippen molar-refractivity contribution in [2.24, 2.45) is 0 Å². The van der Waals surface area contributed by atoms with Crippen molar-refractivity contribution in [1.82, 2.24) is 10.2 Å². The number of nitrogens with one attached hydrogen (secondary N) is 1. The number of carbonyl (C=O) groups excluding carboxylic acids is 1. The zero-order valence-electron chi connectivity index (χ0n) is 17.7. The Balaban J connectivity index is 1.62. The number of amides is 1. The van der Waals surface area contributed by atoms with Crippen LogP contribution in [-0.2, 0) is 9.53 Å².